The Bertz CT molecular complexity index is 537. The Labute approximate surface area is 145 Å². The number of benzene rings is 1. The molecule has 1 aromatic rings. The van der Waals surface area contributed by atoms with Crippen LogP contribution in [-0.2, 0) is 17.9 Å². The molecule has 2 atom stereocenters. The summed E-state index contributed by atoms with van der Waals surface area (Å²) >= 11 is 0. The van der Waals surface area contributed by atoms with Gasteiger partial charge in [0.2, 0.25) is 0 Å². The zero-order valence-electron chi connectivity index (χ0n) is 15.2. The van der Waals surface area contributed by atoms with Crippen LogP contribution in [-0.4, -0.2) is 40.3 Å². The highest BCUT2D eigenvalue weighted by molar-refractivity contribution is 5.68. The predicted octanol–water partition coefficient (Wildman–Crippen LogP) is 3.06. The summed E-state index contributed by atoms with van der Waals surface area (Å²) in [5, 5.41) is 12.1. The number of hydrogen-bond acceptors (Lipinski definition) is 4. The number of likely N-dealkylation sites (tertiary alicyclic amines) is 1. The van der Waals surface area contributed by atoms with Crippen LogP contribution in [0.2, 0.25) is 0 Å². The smallest absolute Gasteiger partial charge is 0.407 e. The number of piperidine rings is 1. The van der Waals surface area contributed by atoms with Gasteiger partial charge >= 0.3 is 6.09 Å². The number of nitrogens with zero attached hydrogens (tertiary/aromatic N) is 1. The van der Waals surface area contributed by atoms with E-state index in [4.69, 9.17) is 9.84 Å². The maximum absolute atomic E-state index is 11.9. The van der Waals surface area contributed by atoms with Crippen molar-refractivity contribution < 1.29 is 14.6 Å². The molecule has 1 aromatic carbocycles. The average Bonchev–Trinajstić information content (AvgIpc) is 2.49. The average molecular weight is 334 g/mol. The highest BCUT2D eigenvalue weighted by Crippen LogP contribution is 2.20. The van der Waals surface area contributed by atoms with E-state index < -0.39 is 5.60 Å². The van der Waals surface area contributed by atoms with Crippen molar-refractivity contribution in [2.24, 2.45) is 0 Å². The maximum Gasteiger partial charge on any atom is 0.407 e. The van der Waals surface area contributed by atoms with Crippen molar-refractivity contribution in [1.29, 1.82) is 0 Å². The highest BCUT2D eigenvalue weighted by atomic mass is 16.6. The van der Waals surface area contributed by atoms with Crippen molar-refractivity contribution in [3.63, 3.8) is 0 Å². The molecular formula is C19H30N2O3. The van der Waals surface area contributed by atoms with Crippen molar-refractivity contribution >= 4 is 6.09 Å². The fourth-order valence-electron chi connectivity index (χ4n) is 3.05. The number of alkyl carbamates (subject to hydrolysis) is 1. The molecule has 1 fully saturated rings. The predicted molar refractivity (Wildman–Crippen MR) is 94.6 cm³/mol. The van der Waals surface area contributed by atoms with Crippen LogP contribution in [0.4, 0.5) is 4.79 Å². The minimum absolute atomic E-state index is 0.0818. The molecule has 1 aliphatic heterocycles. The van der Waals surface area contributed by atoms with Gasteiger partial charge in [-0.2, -0.15) is 0 Å². The van der Waals surface area contributed by atoms with Crippen LogP contribution in [0.1, 0.15) is 51.7 Å². The topological polar surface area (TPSA) is 61.8 Å². The van der Waals surface area contributed by atoms with Gasteiger partial charge in [-0.05, 0) is 51.7 Å². The number of ether oxygens (including phenoxy) is 1. The summed E-state index contributed by atoms with van der Waals surface area (Å²) in [6.45, 7) is 9.75. The third-order valence-electron chi connectivity index (χ3n) is 4.33. The van der Waals surface area contributed by atoms with Gasteiger partial charge < -0.3 is 15.2 Å². The van der Waals surface area contributed by atoms with Crippen LogP contribution >= 0.6 is 0 Å². The zero-order valence-corrected chi connectivity index (χ0v) is 15.2. The minimum atomic E-state index is -0.461. The fourth-order valence-corrected chi connectivity index (χ4v) is 3.05. The number of aliphatic hydroxyl groups excluding tert-OH is 1. The Balaban J connectivity index is 1.82. The van der Waals surface area contributed by atoms with Crippen LogP contribution < -0.4 is 5.32 Å². The molecule has 0 spiro atoms. The lowest BCUT2D eigenvalue weighted by molar-refractivity contribution is 0.0453. The molecule has 0 bridgehead atoms. The van der Waals surface area contributed by atoms with Gasteiger partial charge in [-0.3, -0.25) is 4.90 Å². The molecule has 1 amide bonds. The highest BCUT2D eigenvalue weighted by Gasteiger charge is 2.27. The van der Waals surface area contributed by atoms with Crippen LogP contribution in [0.3, 0.4) is 0 Å². The van der Waals surface area contributed by atoms with E-state index in [2.05, 4.69) is 29.3 Å². The number of aliphatic hydroxyl groups is 1. The first-order valence-electron chi connectivity index (χ1n) is 8.69. The van der Waals surface area contributed by atoms with Crippen molar-refractivity contribution in [2.75, 3.05) is 6.54 Å². The number of carbonyl (C=O) groups is 1. The number of carbonyl (C=O) groups excluding carboxylic acids is 1. The SMILES string of the molecule is CC1CC(NC(=O)OC(C)(C)C)CCN1Cc1ccc(CO)cc1. The molecule has 5 heteroatoms. The summed E-state index contributed by atoms with van der Waals surface area (Å²) in [5.41, 5.74) is 1.72. The van der Waals surface area contributed by atoms with E-state index in [0.29, 0.717) is 6.04 Å². The first kappa shape index (κ1) is 18.7. The summed E-state index contributed by atoms with van der Waals surface area (Å²) in [5.74, 6) is 0. The van der Waals surface area contributed by atoms with Gasteiger partial charge in [0, 0.05) is 25.2 Å². The van der Waals surface area contributed by atoms with Gasteiger partial charge in [-0.25, -0.2) is 4.79 Å². The standard InChI is InChI=1S/C19H30N2O3/c1-14-11-17(20-18(23)24-19(2,3)4)9-10-21(14)12-15-5-7-16(13-22)8-6-15/h5-8,14,17,22H,9-13H2,1-4H3,(H,20,23). The first-order valence-corrected chi connectivity index (χ1v) is 8.69. The zero-order chi connectivity index (χ0) is 17.7. The third kappa shape index (κ3) is 5.80. The normalized spacial score (nSPS) is 22.2. The quantitative estimate of drug-likeness (QED) is 0.888. The van der Waals surface area contributed by atoms with Crippen LogP contribution in [0, 0.1) is 0 Å². The Kier molecular flexibility index (Phi) is 6.24. The second-order valence-electron chi connectivity index (χ2n) is 7.66. The van der Waals surface area contributed by atoms with Crippen molar-refractivity contribution in [3.05, 3.63) is 35.4 Å². The van der Waals surface area contributed by atoms with Crippen LogP contribution in [0.15, 0.2) is 24.3 Å². The molecule has 2 unspecified atom stereocenters. The van der Waals surface area contributed by atoms with E-state index in [1.165, 1.54) is 5.56 Å². The lowest BCUT2D eigenvalue weighted by atomic mass is 9.97. The Morgan fingerprint density at radius 1 is 1.29 bits per heavy atom. The van der Waals surface area contributed by atoms with Gasteiger partial charge in [-0.1, -0.05) is 24.3 Å². The van der Waals surface area contributed by atoms with Gasteiger partial charge in [0.05, 0.1) is 6.61 Å². The minimum Gasteiger partial charge on any atom is -0.444 e. The maximum atomic E-state index is 11.9. The van der Waals surface area contributed by atoms with Gasteiger partial charge in [0.25, 0.3) is 0 Å². The molecule has 2 N–H and O–H groups in total. The Morgan fingerprint density at radius 3 is 2.46 bits per heavy atom. The summed E-state index contributed by atoms with van der Waals surface area (Å²) in [4.78, 5) is 14.3. The van der Waals surface area contributed by atoms with E-state index in [-0.39, 0.29) is 18.7 Å². The Morgan fingerprint density at radius 2 is 1.92 bits per heavy atom. The van der Waals surface area contributed by atoms with Gasteiger partial charge in [0.15, 0.2) is 0 Å². The summed E-state index contributed by atoms with van der Waals surface area (Å²) < 4.78 is 5.34. The molecule has 5 nitrogen and oxygen atoms in total. The molecule has 0 radical (unpaired) electrons. The van der Waals surface area contributed by atoms with Gasteiger partial charge in [-0.15, -0.1) is 0 Å². The number of rotatable bonds is 4. The molecule has 0 aromatic heterocycles. The van der Waals surface area contributed by atoms with E-state index in [0.717, 1.165) is 31.5 Å². The molecule has 134 valence electrons. The molecule has 0 saturated carbocycles. The fraction of sp³-hybridized carbons (Fsp3) is 0.632. The molecule has 24 heavy (non-hydrogen) atoms. The molecule has 1 saturated heterocycles. The van der Waals surface area contributed by atoms with E-state index in [1.54, 1.807) is 0 Å². The van der Waals surface area contributed by atoms with Crippen LogP contribution in [0.25, 0.3) is 0 Å². The summed E-state index contributed by atoms with van der Waals surface area (Å²) in [7, 11) is 0. The monoisotopic (exact) mass is 334 g/mol. The number of nitrogens with one attached hydrogen (secondary N) is 1. The molecule has 2 rings (SSSR count). The van der Waals surface area contributed by atoms with Crippen molar-refractivity contribution in [2.45, 2.75) is 71.4 Å². The summed E-state index contributed by atoms with van der Waals surface area (Å²) in [6, 6.07) is 8.65. The summed E-state index contributed by atoms with van der Waals surface area (Å²) in [6.07, 6.45) is 1.53. The van der Waals surface area contributed by atoms with Crippen LogP contribution in [0.5, 0.6) is 0 Å². The largest absolute Gasteiger partial charge is 0.444 e. The number of hydrogen-bond donors (Lipinski definition) is 2. The third-order valence-corrected chi connectivity index (χ3v) is 4.33. The van der Waals surface area contributed by atoms with Crippen molar-refractivity contribution in [3.8, 4) is 0 Å². The Hall–Kier alpha value is -1.59. The van der Waals surface area contributed by atoms with E-state index in [1.807, 2.05) is 32.9 Å². The van der Waals surface area contributed by atoms with E-state index in [9.17, 15) is 4.79 Å². The first-order chi connectivity index (χ1) is 11.3. The lowest BCUT2D eigenvalue weighted by Crippen LogP contribution is -2.49. The molecule has 1 aliphatic rings. The van der Waals surface area contributed by atoms with Gasteiger partial charge in [0.1, 0.15) is 5.60 Å². The lowest BCUT2D eigenvalue weighted by Gasteiger charge is -2.38. The second kappa shape index (κ2) is 7.99. The van der Waals surface area contributed by atoms with E-state index >= 15 is 0 Å². The molecular weight excluding hydrogens is 304 g/mol. The second-order valence-corrected chi connectivity index (χ2v) is 7.66. The number of amides is 1. The molecule has 0 aliphatic carbocycles. The molecule has 1 heterocycles. The van der Waals surface area contributed by atoms with Crippen molar-refractivity contribution in [1.82, 2.24) is 10.2 Å².